The average Bonchev–Trinajstić information content (AvgIpc) is 2.38. The number of benzene rings is 1. The van der Waals surface area contributed by atoms with Gasteiger partial charge in [0.2, 0.25) is 0 Å². The lowest BCUT2D eigenvalue weighted by molar-refractivity contribution is 0.202. The number of hydrogen-bond donors (Lipinski definition) is 0. The van der Waals surface area contributed by atoms with Crippen LogP contribution >= 0.6 is 11.6 Å². The van der Waals surface area contributed by atoms with E-state index in [9.17, 15) is 0 Å². The first-order chi connectivity index (χ1) is 8.77. The molecule has 0 aliphatic heterocycles. The molecule has 0 N–H and O–H groups in total. The smallest absolute Gasteiger partial charge is 0.407 e. The molecule has 0 aliphatic carbocycles. The van der Waals surface area contributed by atoms with Crippen LogP contribution in [0, 0.1) is 0 Å². The molecule has 0 saturated carbocycles. The van der Waals surface area contributed by atoms with Gasteiger partial charge in [0.05, 0.1) is 0 Å². The van der Waals surface area contributed by atoms with Crippen LogP contribution in [0.3, 0.4) is 0 Å². The molecule has 0 aromatic heterocycles. The molecule has 18 heavy (non-hydrogen) atoms. The van der Waals surface area contributed by atoms with Crippen molar-refractivity contribution in [2.75, 3.05) is 13.2 Å². The quantitative estimate of drug-likeness (QED) is 0.502. The van der Waals surface area contributed by atoms with Crippen molar-refractivity contribution in [3.8, 4) is 0 Å². The third-order valence-corrected chi connectivity index (χ3v) is 2.93. The molecular formula is C14H22BClO2. The van der Waals surface area contributed by atoms with Gasteiger partial charge in [-0.15, -0.1) is 0 Å². The second kappa shape index (κ2) is 9.43. The second-order valence-electron chi connectivity index (χ2n) is 4.33. The Morgan fingerprint density at radius 3 is 1.89 bits per heavy atom. The van der Waals surface area contributed by atoms with E-state index < -0.39 is 0 Å². The summed E-state index contributed by atoms with van der Waals surface area (Å²) in [6, 6.07) is 7.67. The molecule has 4 heteroatoms. The Balaban J connectivity index is 2.54. The van der Waals surface area contributed by atoms with Crippen molar-refractivity contribution in [3.63, 3.8) is 0 Å². The Hall–Kier alpha value is -0.505. The van der Waals surface area contributed by atoms with Crippen LogP contribution in [-0.2, 0) is 9.31 Å². The van der Waals surface area contributed by atoms with E-state index in [0.717, 1.165) is 49.4 Å². The number of hydrogen-bond acceptors (Lipinski definition) is 2. The third kappa shape index (κ3) is 5.90. The molecule has 1 aromatic rings. The van der Waals surface area contributed by atoms with E-state index in [1.54, 1.807) is 0 Å². The molecule has 0 spiro atoms. The highest BCUT2D eigenvalue weighted by Crippen LogP contribution is 2.06. The maximum Gasteiger partial charge on any atom is 0.493 e. The van der Waals surface area contributed by atoms with Crippen LogP contribution in [0.1, 0.15) is 39.5 Å². The van der Waals surface area contributed by atoms with Crippen LogP contribution in [0.2, 0.25) is 5.02 Å². The van der Waals surface area contributed by atoms with Gasteiger partial charge in [0.1, 0.15) is 0 Å². The van der Waals surface area contributed by atoms with Crippen LogP contribution in [0.15, 0.2) is 24.3 Å². The van der Waals surface area contributed by atoms with Crippen molar-refractivity contribution in [1.29, 1.82) is 0 Å². The summed E-state index contributed by atoms with van der Waals surface area (Å²) in [6.07, 6.45) is 4.37. The van der Waals surface area contributed by atoms with Crippen LogP contribution in [0.25, 0.3) is 0 Å². The third-order valence-electron chi connectivity index (χ3n) is 2.68. The minimum absolute atomic E-state index is 0.264. The molecule has 2 nitrogen and oxygen atoms in total. The number of rotatable bonds is 9. The Bertz CT molecular complexity index is 306. The summed E-state index contributed by atoms with van der Waals surface area (Å²) in [5.41, 5.74) is 1.03. The van der Waals surface area contributed by atoms with Gasteiger partial charge in [0, 0.05) is 18.2 Å². The topological polar surface area (TPSA) is 18.5 Å². The molecular weight excluding hydrogens is 246 g/mol. The van der Waals surface area contributed by atoms with Crippen molar-refractivity contribution in [2.24, 2.45) is 0 Å². The van der Waals surface area contributed by atoms with E-state index in [4.69, 9.17) is 20.9 Å². The lowest BCUT2D eigenvalue weighted by Crippen LogP contribution is -2.37. The Labute approximate surface area is 116 Å². The van der Waals surface area contributed by atoms with Crippen molar-refractivity contribution in [3.05, 3.63) is 29.3 Å². The molecule has 0 fully saturated rings. The predicted octanol–water partition coefficient (Wildman–Crippen LogP) is 3.67. The van der Waals surface area contributed by atoms with Gasteiger partial charge < -0.3 is 9.31 Å². The zero-order valence-electron chi connectivity index (χ0n) is 11.3. The van der Waals surface area contributed by atoms with Gasteiger partial charge in [-0.05, 0) is 30.4 Å². The summed E-state index contributed by atoms with van der Waals surface area (Å²) in [5.74, 6) is 0. The van der Waals surface area contributed by atoms with Crippen molar-refractivity contribution < 1.29 is 9.31 Å². The molecule has 0 saturated heterocycles. The molecule has 100 valence electrons. The van der Waals surface area contributed by atoms with Gasteiger partial charge in [-0.3, -0.25) is 0 Å². The zero-order valence-corrected chi connectivity index (χ0v) is 12.1. The van der Waals surface area contributed by atoms with Crippen LogP contribution < -0.4 is 5.46 Å². The van der Waals surface area contributed by atoms with Crippen molar-refractivity contribution in [1.82, 2.24) is 0 Å². The molecule has 0 radical (unpaired) electrons. The summed E-state index contributed by atoms with van der Waals surface area (Å²) in [4.78, 5) is 0. The fourth-order valence-corrected chi connectivity index (χ4v) is 1.66. The summed E-state index contributed by atoms with van der Waals surface area (Å²) in [6.45, 7) is 5.77. The van der Waals surface area contributed by atoms with Gasteiger partial charge >= 0.3 is 7.12 Å². The van der Waals surface area contributed by atoms with Gasteiger partial charge in [-0.1, -0.05) is 50.4 Å². The largest absolute Gasteiger partial charge is 0.493 e. The first kappa shape index (κ1) is 15.6. The standard InChI is InChI=1S/C14H22BClO2/c1-3-5-11-17-15(18-12-6-4-2)13-7-9-14(16)10-8-13/h7-10H,3-6,11-12H2,1-2H3. The molecule has 0 bridgehead atoms. The molecule has 0 aliphatic rings. The molecule has 0 heterocycles. The van der Waals surface area contributed by atoms with Gasteiger partial charge in [-0.25, -0.2) is 0 Å². The normalized spacial score (nSPS) is 10.6. The summed E-state index contributed by atoms with van der Waals surface area (Å²) >= 11 is 5.89. The van der Waals surface area contributed by atoms with E-state index in [0.29, 0.717) is 0 Å². The van der Waals surface area contributed by atoms with Crippen LogP contribution in [0.4, 0.5) is 0 Å². The minimum atomic E-state index is -0.264. The first-order valence-electron chi connectivity index (χ1n) is 6.76. The van der Waals surface area contributed by atoms with E-state index in [1.165, 1.54) is 0 Å². The monoisotopic (exact) mass is 268 g/mol. The highest BCUT2D eigenvalue weighted by atomic mass is 35.5. The van der Waals surface area contributed by atoms with E-state index in [-0.39, 0.29) is 7.12 Å². The van der Waals surface area contributed by atoms with Crippen molar-refractivity contribution >= 4 is 24.2 Å². The minimum Gasteiger partial charge on any atom is -0.407 e. The van der Waals surface area contributed by atoms with Gasteiger partial charge in [-0.2, -0.15) is 0 Å². The highest BCUT2D eigenvalue weighted by Gasteiger charge is 2.20. The predicted molar refractivity (Wildman–Crippen MR) is 78.6 cm³/mol. The lowest BCUT2D eigenvalue weighted by atomic mass is 9.79. The number of unbranched alkanes of at least 4 members (excludes halogenated alkanes) is 2. The van der Waals surface area contributed by atoms with E-state index in [1.807, 2.05) is 24.3 Å². The highest BCUT2D eigenvalue weighted by molar-refractivity contribution is 6.61. The van der Waals surface area contributed by atoms with Crippen molar-refractivity contribution in [2.45, 2.75) is 39.5 Å². The zero-order chi connectivity index (χ0) is 13.2. The fourth-order valence-electron chi connectivity index (χ4n) is 1.53. The second-order valence-corrected chi connectivity index (χ2v) is 4.77. The molecule has 1 rings (SSSR count). The lowest BCUT2D eigenvalue weighted by Gasteiger charge is -2.14. The number of halogens is 1. The average molecular weight is 269 g/mol. The Morgan fingerprint density at radius 2 is 1.44 bits per heavy atom. The Morgan fingerprint density at radius 1 is 0.944 bits per heavy atom. The molecule has 0 unspecified atom stereocenters. The van der Waals surface area contributed by atoms with Gasteiger partial charge in [0.15, 0.2) is 0 Å². The Kier molecular flexibility index (Phi) is 8.15. The van der Waals surface area contributed by atoms with Crippen LogP contribution in [0.5, 0.6) is 0 Å². The summed E-state index contributed by atoms with van der Waals surface area (Å²) in [7, 11) is -0.264. The maximum atomic E-state index is 5.89. The summed E-state index contributed by atoms with van der Waals surface area (Å²) in [5, 5.41) is 0.736. The van der Waals surface area contributed by atoms with Crippen LogP contribution in [-0.4, -0.2) is 20.3 Å². The maximum absolute atomic E-state index is 5.89. The molecule has 0 atom stereocenters. The van der Waals surface area contributed by atoms with E-state index >= 15 is 0 Å². The SMILES string of the molecule is CCCCOB(OCCCC)c1ccc(Cl)cc1. The van der Waals surface area contributed by atoms with Gasteiger partial charge in [0.25, 0.3) is 0 Å². The summed E-state index contributed by atoms with van der Waals surface area (Å²) < 4.78 is 11.6. The van der Waals surface area contributed by atoms with E-state index in [2.05, 4.69) is 13.8 Å². The molecule has 1 aromatic carbocycles. The molecule has 0 amide bonds. The fraction of sp³-hybridized carbons (Fsp3) is 0.571. The first-order valence-corrected chi connectivity index (χ1v) is 7.14.